The van der Waals surface area contributed by atoms with Crippen molar-refractivity contribution in [2.75, 3.05) is 0 Å². The minimum absolute atomic E-state index is 0. The van der Waals surface area contributed by atoms with E-state index in [0.29, 0.717) is 0 Å². The molecular formula is C6H6CaK2O8. The Balaban J connectivity index is -0.000000282. The first kappa shape index (κ1) is 28.5. The van der Waals surface area contributed by atoms with Crippen LogP contribution in [0.2, 0.25) is 0 Å². The van der Waals surface area contributed by atoms with E-state index < -0.39 is 30.1 Å². The molecule has 8 nitrogen and oxygen atoms in total. The number of aliphatic hydroxyl groups excluding tert-OH is 1. The van der Waals surface area contributed by atoms with Gasteiger partial charge in [0.1, 0.15) is 0 Å². The van der Waals surface area contributed by atoms with Crippen LogP contribution in [0, 0.1) is 6.61 Å². The number of carboxylic acid groups (broad SMARTS) is 2. The van der Waals surface area contributed by atoms with E-state index in [1.807, 2.05) is 0 Å². The Hall–Kier alpha value is 3.31. The van der Waals surface area contributed by atoms with Crippen LogP contribution in [0.4, 0.5) is 0 Å². The molecule has 0 amide bonds. The second-order valence-electron chi connectivity index (χ2n) is 2.45. The maximum atomic E-state index is 11.2. The molecule has 0 aromatic rings. The standard InChI is InChI=1S/C6H8O8.Ca.2K/c7-3(8)1-6(12,2-14-13)4(9)5(10)11;;;/h2,4,9,13H,1H2,(H,7,8)(H,10,11);;;/q-2;+2;2*+1/p-2. The molecule has 0 aliphatic rings. The minimum Gasteiger partial charge on any atom is -0.870 e. The first-order valence-electron chi connectivity index (χ1n) is 3.27. The van der Waals surface area contributed by atoms with Gasteiger partial charge in [0.2, 0.25) is 0 Å². The average molecular weight is 324 g/mol. The molecular weight excluding hydrogens is 318 g/mol. The predicted octanol–water partition coefficient (Wildman–Crippen LogP) is -11.4. The van der Waals surface area contributed by atoms with Crippen molar-refractivity contribution in [1.29, 1.82) is 0 Å². The summed E-state index contributed by atoms with van der Waals surface area (Å²) >= 11 is 0. The molecule has 2 unspecified atom stereocenters. The van der Waals surface area contributed by atoms with E-state index in [2.05, 4.69) is 4.89 Å². The molecule has 0 aromatic carbocycles. The van der Waals surface area contributed by atoms with E-state index in [4.69, 9.17) is 10.4 Å². The summed E-state index contributed by atoms with van der Waals surface area (Å²) in [4.78, 5) is 23.3. The molecule has 0 heterocycles. The van der Waals surface area contributed by atoms with Gasteiger partial charge in [-0.3, -0.25) is 5.26 Å². The van der Waals surface area contributed by atoms with E-state index in [0.717, 1.165) is 0 Å². The van der Waals surface area contributed by atoms with Crippen LogP contribution in [0.25, 0.3) is 0 Å². The van der Waals surface area contributed by atoms with Crippen molar-refractivity contribution in [1.82, 2.24) is 0 Å². The van der Waals surface area contributed by atoms with Crippen molar-refractivity contribution in [2.45, 2.75) is 18.1 Å². The molecule has 0 aliphatic heterocycles. The number of carbonyl (C=O) groups is 2. The Kier molecular flexibility index (Phi) is 23.9. The van der Waals surface area contributed by atoms with Crippen LogP contribution in [0.5, 0.6) is 0 Å². The van der Waals surface area contributed by atoms with E-state index in [1.165, 1.54) is 0 Å². The zero-order valence-corrected chi connectivity index (χ0v) is 17.9. The summed E-state index contributed by atoms with van der Waals surface area (Å²) < 4.78 is 0. The van der Waals surface area contributed by atoms with Crippen molar-refractivity contribution in [2.24, 2.45) is 0 Å². The third-order valence-corrected chi connectivity index (χ3v) is 1.36. The Morgan fingerprint density at radius 3 is 2.00 bits per heavy atom. The fourth-order valence-electron chi connectivity index (χ4n) is 0.717. The number of carboxylic acids is 2. The topological polar surface area (TPSA) is 153 Å². The molecule has 0 rings (SSSR count). The normalized spacial score (nSPS) is 14.1. The van der Waals surface area contributed by atoms with Crippen molar-refractivity contribution >= 4 is 49.7 Å². The molecule has 0 spiro atoms. The molecule has 0 bridgehead atoms. The number of hydrogen-bond acceptors (Lipinski definition) is 8. The molecule has 2 N–H and O–H groups in total. The summed E-state index contributed by atoms with van der Waals surface area (Å²) in [5.74, 6) is -4.09. The monoisotopic (exact) mass is 324 g/mol. The third kappa shape index (κ3) is 11.6. The first-order valence-corrected chi connectivity index (χ1v) is 3.27. The number of aliphatic carboxylic acids is 2. The Morgan fingerprint density at radius 2 is 1.76 bits per heavy atom. The molecule has 2 atom stereocenters. The Labute approximate surface area is 212 Å². The van der Waals surface area contributed by atoms with Gasteiger partial charge in [-0.25, -0.2) is 0 Å². The van der Waals surface area contributed by atoms with Gasteiger partial charge >= 0.3 is 141 Å². The molecule has 82 valence electrons. The van der Waals surface area contributed by atoms with Crippen molar-refractivity contribution in [3.8, 4) is 0 Å². The molecule has 11 heteroatoms. The second-order valence-corrected chi connectivity index (χ2v) is 2.45. The van der Waals surface area contributed by atoms with Gasteiger partial charge in [0.15, 0.2) is 0 Å². The summed E-state index contributed by atoms with van der Waals surface area (Å²) in [6, 6.07) is 0. The van der Waals surface area contributed by atoms with Crippen molar-refractivity contribution in [3.63, 3.8) is 0 Å². The van der Waals surface area contributed by atoms with Gasteiger partial charge in [-0.05, 0) is 6.42 Å². The fraction of sp³-hybridized carbons (Fsp3) is 0.500. The smallest absolute Gasteiger partial charge is 0.870 e. The average Bonchev–Trinajstić information content (AvgIpc) is 2.01. The van der Waals surface area contributed by atoms with Crippen LogP contribution in [-0.4, -0.2) is 71.7 Å². The number of carbonyl (C=O) groups excluding carboxylic acids is 2. The molecule has 0 radical (unpaired) electrons. The number of hydrogen-bond donors (Lipinski definition) is 2. The van der Waals surface area contributed by atoms with Crippen LogP contribution in [0.15, 0.2) is 0 Å². The minimum atomic E-state index is -3.06. The van der Waals surface area contributed by atoms with Gasteiger partial charge in [-0.15, -0.1) is 0 Å². The van der Waals surface area contributed by atoms with E-state index in [1.54, 1.807) is 0 Å². The van der Waals surface area contributed by atoms with Crippen LogP contribution in [-0.2, 0) is 14.5 Å². The SMILES string of the molecule is O=C([O-])CC([O-])([CH-]OO)C(O)C(=O)[O-].[Ca+2].[K+].[K+]. The Bertz CT molecular complexity index is 240. The summed E-state index contributed by atoms with van der Waals surface area (Å²) in [7, 11) is 0. The van der Waals surface area contributed by atoms with Crippen LogP contribution >= 0.6 is 0 Å². The van der Waals surface area contributed by atoms with Gasteiger partial charge < -0.3 is 34.9 Å². The molecule has 0 aromatic heterocycles. The predicted molar refractivity (Wildman–Crippen MR) is 37.1 cm³/mol. The zero-order chi connectivity index (χ0) is 11.4. The molecule has 0 saturated carbocycles. The molecule has 0 saturated heterocycles. The van der Waals surface area contributed by atoms with Gasteiger partial charge in [-0.1, -0.05) is 0 Å². The second kappa shape index (κ2) is 14.3. The molecule has 0 aliphatic carbocycles. The summed E-state index contributed by atoms with van der Waals surface area (Å²) in [5, 5.41) is 47.9. The van der Waals surface area contributed by atoms with Crippen LogP contribution < -0.4 is 118 Å². The first-order chi connectivity index (χ1) is 6.33. The molecule has 17 heavy (non-hydrogen) atoms. The molecule has 0 fully saturated rings. The van der Waals surface area contributed by atoms with Crippen molar-refractivity contribution < 1.29 is 143 Å². The van der Waals surface area contributed by atoms with Gasteiger partial charge in [0.05, 0.1) is 12.1 Å². The third-order valence-electron chi connectivity index (χ3n) is 1.36. The Morgan fingerprint density at radius 1 is 1.35 bits per heavy atom. The van der Waals surface area contributed by atoms with E-state index in [-0.39, 0.29) is 147 Å². The van der Waals surface area contributed by atoms with Gasteiger partial charge in [0.25, 0.3) is 0 Å². The summed E-state index contributed by atoms with van der Waals surface area (Å²) in [6.07, 6.45) is -4.06. The van der Waals surface area contributed by atoms with Crippen molar-refractivity contribution in [3.05, 3.63) is 6.61 Å². The summed E-state index contributed by atoms with van der Waals surface area (Å²) in [6.45, 7) is -0.0662. The fourth-order valence-corrected chi connectivity index (χ4v) is 0.717. The van der Waals surface area contributed by atoms with Crippen LogP contribution in [0.1, 0.15) is 6.42 Å². The maximum absolute atomic E-state index is 11.2. The quantitative estimate of drug-likeness (QED) is 0.211. The largest absolute Gasteiger partial charge is 2.00 e. The van der Waals surface area contributed by atoms with Crippen LogP contribution in [0.3, 0.4) is 0 Å². The van der Waals surface area contributed by atoms with E-state index >= 15 is 0 Å². The summed E-state index contributed by atoms with van der Waals surface area (Å²) in [5.41, 5.74) is -3.06. The maximum Gasteiger partial charge on any atom is 2.00 e. The number of rotatable bonds is 6. The zero-order valence-electron chi connectivity index (χ0n) is 9.41. The number of aliphatic hydroxyl groups is 1. The van der Waals surface area contributed by atoms with Gasteiger partial charge in [0, 0.05) is 5.97 Å². The van der Waals surface area contributed by atoms with E-state index in [9.17, 15) is 24.9 Å². The van der Waals surface area contributed by atoms with Gasteiger partial charge in [-0.2, -0.15) is 12.2 Å².